The Morgan fingerprint density at radius 2 is 1.87 bits per heavy atom. The lowest BCUT2D eigenvalue weighted by molar-refractivity contribution is 0.271. The van der Waals surface area contributed by atoms with Gasteiger partial charge in [0.2, 0.25) is 0 Å². The standard InChI is InChI=1S/C15H16N3O3PS/c1-2-20-22(19,21-12-8-4-3-5-9-12)18-17-15-16-13-10-6-7-11-14(13)23-15/h3-11H,2H2,1H3,(H,16,17)(H,18,19). The second kappa shape index (κ2) is 7.10. The number of aromatic nitrogens is 1. The third kappa shape index (κ3) is 4.09. The number of nitrogens with zero attached hydrogens (tertiary/aromatic N) is 1. The van der Waals surface area contributed by atoms with Crippen LogP contribution < -0.4 is 15.1 Å². The first-order valence-electron chi connectivity index (χ1n) is 7.06. The molecule has 0 bridgehead atoms. The molecule has 0 saturated heterocycles. The highest BCUT2D eigenvalue weighted by Crippen LogP contribution is 2.44. The molecule has 0 aliphatic heterocycles. The highest BCUT2D eigenvalue weighted by molar-refractivity contribution is 7.52. The number of hydrazine groups is 1. The van der Waals surface area contributed by atoms with E-state index in [9.17, 15) is 4.57 Å². The van der Waals surface area contributed by atoms with Gasteiger partial charge in [-0.2, -0.15) is 0 Å². The summed E-state index contributed by atoms with van der Waals surface area (Å²) in [6, 6.07) is 16.6. The van der Waals surface area contributed by atoms with Crippen LogP contribution in [0.25, 0.3) is 10.2 Å². The Bertz CT molecular complexity index is 792. The monoisotopic (exact) mass is 349 g/mol. The maximum Gasteiger partial charge on any atom is 0.476 e. The third-order valence-corrected chi connectivity index (χ3v) is 5.25. The van der Waals surface area contributed by atoms with Gasteiger partial charge in [-0.3, -0.25) is 9.95 Å². The van der Waals surface area contributed by atoms with E-state index < -0.39 is 7.75 Å². The summed E-state index contributed by atoms with van der Waals surface area (Å²) in [6.45, 7) is 2.00. The van der Waals surface area contributed by atoms with Gasteiger partial charge < -0.3 is 4.52 Å². The SMILES string of the molecule is CCOP(=O)(NNc1nc2ccccc2s1)Oc1ccccc1. The van der Waals surface area contributed by atoms with Crippen LogP contribution in [0.4, 0.5) is 5.13 Å². The van der Waals surface area contributed by atoms with Crippen molar-refractivity contribution in [3.05, 3.63) is 54.6 Å². The second-order valence-corrected chi connectivity index (χ2v) is 7.23. The zero-order valence-electron chi connectivity index (χ0n) is 12.4. The predicted molar refractivity (Wildman–Crippen MR) is 92.7 cm³/mol. The lowest BCUT2D eigenvalue weighted by Crippen LogP contribution is -2.22. The molecule has 1 atom stereocenters. The van der Waals surface area contributed by atoms with Crippen LogP contribution in [0.2, 0.25) is 0 Å². The van der Waals surface area contributed by atoms with Gasteiger partial charge in [0.1, 0.15) is 5.75 Å². The maximum atomic E-state index is 12.7. The van der Waals surface area contributed by atoms with Crippen molar-refractivity contribution in [3.8, 4) is 5.75 Å². The van der Waals surface area contributed by atoms with Gasteiger partial charge in [-0.1, -0.05) is 41.7 Å². The van der Waals surface area contributed by atoms with Crippen molar-refractivity contribution in [2.24, 2.45) is 0 Å². The molecule has 0 radical (unpaired) electrons. The quantitative estimate of drug-likeness (QED) is 0.485. The Balaban J connectivity index is 1.72. The average Bonchev–Trinajstić information content (AvgIpc) is 2.97. The van der Waals surface area contributed by atoms with Crippen molar-refractivity contribution in [2.75, 3.05) is 12.0 Å². The summed E-state index contributed by atoms with van der Waals surface area (Å²) < 4.78 is 24.5. The number of para-hydroxylation sites is 2. The Morgan fingerprint density at radius 1 is 1.13 bits per heavy atom. The molecular formula is C15H16N3O3PS. The molecule has 8 heteroatoms. The highest BCUT2D eigenvalue weighted by atomic mass is 32.1. The summed E-state index contributed by atoms with van der Waals surface area (Å²) in [5, 5.41) is 3.22. The van der Waals surface area contributed by atoms with Crippen LogP contribution in [0.15, 0.2) is 54.6 Å². The summed E-state index contributed by atoms with van der Waals surface area (Å²) in [5.41, 5.74) is 3.70. The lowest BCUT2D eigenvalue weighted by atomic mass is 10.3. The molecular weight excluding hydrogens is 333 g/mol. The van der Waals surface area contributed by atoms with Crippen molar-refractivity contribution in [1.82, 2.24) is 10.2 Å². The second-order valence-electron chi connectivity index (χ2n) is 4.54. The molecule has 1 unspecified atom stereocenters. The minimum Gasteiger partial charge on any atom is -0.412 e. The average molecular weight is 349 g/mol. The molecule has 6 nitrogen and oxygen atoms in total. The smallest absolute Gasteiger partial charge is 0.412 e. The summed E-state index contributed by atoms with van der Waals surface area (Å²) in [4.78, 5) is 4.40. The summed E-state index contributed by atoms with van der Waals surface area (Å²) in [7, 11) is -3.54. The molecule has 2 N–H and O–H groups in total. The minimum absolute atomic E-state index is 0.249. The van der Waals surface area contributed by atoms with Gasteiger partial charge in [0, 0.05) is 0 Å². The molecule has 3 rings (SSSR count). The van der Waals surface area contributed by atoms with Gasteiger partial charge in [0.25, 0.3) is 0 Å². The fourth-order valence-corrected chi connectivity index (χ4v) is 3.95. The number of hydrogen-bond acceptors (Lipinski definition) is 6. The van der Waals surface area contributed by atoms with Crippen LogP contribution in [0.5, 0.6) is 5.75 Å². The number of rotatable bonds is 7. The van der Waals surface area contributed by atoms with Gasteiger partial charge in [-0.05, 0) is 31.2 Å². The van der Waals surface area contributed by atoms with Crippen LogP contribution in [0.1, 0.15) is 6.92 Å². The van der Waals surface area contributed by atoms with E-state index in [2.05, 4.69) is 15.6 Å². The van der Waals surface area contributed by atoms with E-state index in [0.29, 0.717) is 10.9 Å². The van der Waals surface area contributed by atoms with Gasteiger partial charge >= 0.3 is 7.75 Å². The molecule has 3 aromatic rings. The van der Waals surface area contributed by atoms with Gasteiger partial charge in [-0.15, -0.1) is 5.20 Å². The van der Waals surface area contributed by atoms with Gasteiger partial charge in [0.15, 0.2) is 5.13 Å². The number of anilines is 1. The van der Waals surface area contributed by atoms with Crippen molar-refractivity contribution in [2.45, 2.75) is 6.92 Å². The van der Waals surface area contributed by atoms with Crippen LogP contribution in [0.3, 0.4) is 0 Å². The Hall–Kier alpha value is -1.92. The maximum absolute atomic E-state index is 12.7. The topological polar surface area (TPSA) is 72.5 Å². The molecule has 0 saturated carbocycles. The number of fused-ring (bicyclic) bond motifs is 1. The summed E-state index contributed by atoms with van der Waals surface area (Å²) in [5.74, 6) is 0.461. The molecule has 0 aliphatic carbocycles. The number of hydrogen-bond donors (Lipinski definition) is 2. The van der Waals surface area contributed by atoms with Crippen molar-refractivity contribution < 1.29 is 13.6 Å². The van der Waals surface area contributed by atoms with Gasteiger partial charge in [0.05, 0.1) is 16.8 Å². The first kappa shape index (κ1) is 16.0. The molecule has 120 valence electrons. The molecule has 0 amide bonds. The zero-order valence-corrected chi connectivity index (χ0v) is 14.1. The Kier molecular flexibility index (Phi) is 4.93. The number of thiazole rings is 1. The Morgan fingerprint density at radius 3 is 2.61 bits per heavy atom. The zero-order chi connectivity index (χ0) is 16.1. The van der Waals surface area contributed by atoms with E-state index in [-0.39, 0.29) is 6.61 Å². The first-order valence-corrected chi connectivity index (χ1v) is 9.42. The largest absolute Gasteiger partial charge is 0.476 e. The normalized spacial score (nSPS) is 13.6. The molecule has 0 spiro atoms. The molecule has 2 aromatic carbocycles. The summed E-state index contributed by atoms with van der Waals surface area (Å²) in [6.07, 6.45) is 0. The van der Waals surface area contributed by atoms with Gasteiger partial charge in [-0.25, -0.2) is 9.55 Å². The van der Waals surface area contributed by atoms with Crippen molar-refractivity contribution in [3.63, 3.8) is 0 Å². The van der Waals surface area contributed by atoms with Crippen LogP contribution in [-0.2, 0) is 9.09 Å². The summed E-state index contributed by atoms with van der Waals surface area (Å²) >= 11 is 1.45. The van der Waals surface area contributed by atoms with Crippen molar-refractivity contribution >= 4 is 34.4 Å². The van der Waals surface area contributed by atoms with Crippen molar-refractivity contribution in [1.29, 1.82) is 0 Å². The Labute approximate surface area is 138 Å². The van der Waals surface area contributed by atoms with Crippen LogP contribution in [-0.4, -0.2) is 11.6 Å². The number of benzene rings is 2. The highest BCUT2D eigenvalue weighted by Gasteiger charge is 2.26. The molecule has 1 heterocycles. The van der Waals surface area contributed by atoms with E-state index >= 15 is 0 Å². The first-order chi connectivity index (χ1) is 11.2. The minimum atomic E-state index is -3.54. The molecule has 0 fully saturated rings. The third-order valence-electron chi connectivity index (χ3n) is 2.86. The van der Waals surface area contributed by atoms with E-state index in [1.807, 2.05) is 30.3 Å². The van der Waals surface area contributed by atoms with Crippen LogP contribution >= 0.6 is 19.1 Å². The fraction of sp³-hybridized carbons (Fsp3) is 0.133. The number of nitrogens with one attached hydrogen (secondary N) is 2. The molecule has 23 heavy (non-hydrogen) atoms. The van der Waals surface area contributed by atoms with E-state index in [4.69, 9.17) is 9.05 Å². The fourth-order valence-electron chi connectivity index (χ4n) is 1.91. The van der Waals surface area contributed by atoms with E-state index in [1.54, 1.807) is 31.2 Å². The predicted octanol–water partition coefficient (Wildman–Crippen LogP) is 4.44. The van der Waals surface area contributed by atoms with Crippen LogP contribution in [0, 0.1) is 0 Å². The molecule has 1 aromatic heterocycles. The lowest BCUT2D eigenvalue weighted by Gasteiger charge is -2.19. The van der Waals surface area contributed by atoms with E-state index in [1.165, 1.54) is 11.3 Å². The van der Waals surface area contributed by atoms with E-state index in [0.717, 1.165) is 10.2 Å². The molecule has 0 aliphatic rings.